The Morgan fingerprint density at radius 2 is 2.24 bits per heavy atom. The van der Waals surface area contributed by atoms with Gasteiger partial charge in [-0.15, -0.1) is 11.3 Å². The zero-order valence-corrected chi connectivity index (χ0v) is 12.5. The number of ketones is 1. The van der Waals surface area contributed by atoms with Crippen LogP contribution in [0.1, 0.15) is 39.7 Å². The predicted molar refractivity (Wildman–Crippen MR) is 79.9 cm³/mol. The van der Waals surface area contributed by atoms with Gasteiger partial charge in [0.05, 0.1) is 10.4 Å². The number of nitriles is 1. The number of pyridine rings is 1. The molecule has 0 radical (unpaired) electrons. The van der Waals surface area contributed by atoms with E-state index in [2.05, 4.69) is 0 Å². The van der Waals surface area contributed by atoms with E-state index in [1.807, 2.05) is 13.0 Å². The maximum atomic E-state index is 12.5. The molecule has 2 aromatic rings. The fourth-order valence-electron chi connectivity index (χ4n) is 2.18. The van der Waals surface area contributed by atoms with E-state index in [-0.39, 0.29) is 34.9 Å². The molecule has 21 heavy (non-hydrogen) atoms. The van der Waals surface area contributed by atoms with Gasteiger partial charge in [0.1, 0.15) is 11.6 Å². The van der Waals surface area contributed by atoms with Crippen molar-refractivity contribution in [3.05, 3.63) is 49.4 Å². The van der Waals surface area contributed by atoms with E-state index < -0.39 is 5.56 Å². The Bertz CT molecular complexity index is 783. The van der Waals surface area contributed by atoms with Gasteiger partial charge in [0, 0.05) is 6.54 Å². The van der Waals surface area contributed by atoms with E-state index in [9.17, 15) is 14.7 Å². The quantitative estimate of drug-likeness (QED) is 0.879. The first-order valence-electron chi connectivity index (χ1n) is 6.47. The summed E-state index contributed by atoms with van der Waals surface area (Å²) in [6, 6.07) is 5.22. The molecule has 6 heteroatoms. The molecular weight excluding hydrogens is 288 g/mol. The average molecular weight is 302 g/mol. The molecule has 0 fully saturated rings. The summed E-state index contributed by atoms with van der Waals surface area (Å²) in [5.74, 6) is -0.738. The molecule has 0 unspecified atom stereocenters. The monoisotopic (exact) mass is 302 g/mol. The summed E-state index contributed by atoms with van der Waals surface area (Å²) >= 11 is 1.25. The highest BCUT2D eigenvalue weighted by atomic mass is 32.1. The Morgan fingerprint density at radius 1 is 1.52 bits per heavy atom. The Hall–Kier alpha value is -2.39. The minimum Gasteiger partial charge on any atom is -0.494 e. The van der Waals surface area contributed by atoms with Crippen LogP contribution in [0, 0.1) is 18.3 Å². The highest BCUT2D eigenvalue weighted by Crippen LogP contribution is 2.26. The second-order valence-electron chi connectivity index (χ2n) is 4.57. The van der Waals surface area contributed by atoms with Gasteiger partial charge < -0.3 is 5.11 Å². The third-order valence-corrected chi connectivity index (χ3v) is 4.09. The lowest BCUT2D eigenvalue weighted by Crippen LogP contribution is -2.26. The Morgan fingerprint density at radius 3 is 2.76 bits per heavy atom. The molecule has 0 spiro atoms. The Kier molecular flexibility index (Phi) is 4.24. The first-order chi connectivity index (χ1) is 10.0. The smallest absolute Gasteiger partial charge is 0.271 e. The molecule has 1 N–H and O–H groups in total. The van der Waals surface area contributed by atoms with Crippen LogP contribution in [-0.2, 0) is 6.54 Å². The lowest BCUT2D eigenvalue weighted by molar-refractivity contribution is 0.103. The third-order valence-electron chi connectivity index (χ3n) is 3.22. The Balaban J connectivity index is 2.77. The van der Waals surface area contributed by atoms with Crippen LogP contribution in [0.3, 0.4) is 0 Å². The van der Waals surface area contributed by atoms with Crippen LogP contribution < -0.4 is 5.56 Å². The van der Waals surface area contributed by atoms with Gasteiger partial charge in [-0.25, -0.2) is 0 Å². The molecule has 0 aliphatic heterocycles. The SMILES string of the molecule is CCCn1c(O)c(C(=O)c2cccs2)c(C)c(C#N)c1=O. The van der Waals surface area contributed by atoms with Crippen LogP contribution in [0.4, 0.5) is 0 Å². The summed E-state index contributed by atoms with van der Waals surface area (Å²) in [4.78, 5) is 25.1. The van der Waals surface area contributed by atoms with Gasteiger partial charge in [-0.05, 0) is 30.4 Å². The molecule has 108 valence electrons. The number of carbonyl (C=O) groups is 1. The highest BCUT2D eigenvalue weighted by molar-refractivity contribution is 7.12. The van der Waals surface area contributed by atoms with Crippen molar-refractivity contribution < 1.29 is 9.90 Å². The summed E-state index contributed by atoms with van der Waals surface area (Å²) in [5.41, 5.74) is -0.397. The number of rotatable bonds is 4. The van der Waals surface area contributed by atoms with Crippen LogP contribution in [0.2, 0.25) is 0 Å². The molecule has 5 nitrogen and oxygen atoms in total. The van der Waals surface area contributed by atoms with Crippen molar-refractivity contribution in [2.45, 2.75) is 26.8 Å². The number of hydrogen-bond acceptors (Lipinski definition) is 5. The summed E-state index contributed by atoms with van der Waals surface area (Å²) in [5, 5.41) is 21.2. The fraction of sp³-hybridized carbons (Fsp3) is 0.267. The predicted octanol–water partition coefficient (Wildman–Crippen LogP) is 2.44. The zero-order chi connectivity index (χ0) is 15.6. The molecule has 0 amide bonds. The van der Waals surface area contributed by atoms with Gasteiger partial charge in [-0.1, -0.05) is 13.0 Å². The normalized spacial score (nSPS) is 10.3. The molecule has 2 rings (SSSR count). The average Bonchev–Trinajstić information content (AvgIpc) is 2.98. The summed E-state index contributed by atoms with van der Waals surface area (Å²) in [6.45, 7) is 3.61. The van der Waals surface area contributed by atoms with Gasteiger partial charge in [-0.2, -0.15) is 5.26 Å². The number of nitrogens with zero attached hydrogens (tertiary/aromatic N) is 2. The van der Waals surface area contributed by atoms with E-state index in [1.54, 1.807) is 17.5 Å². The second kappa shape index (κ2) is 5.94. The van der Waals surface area contributed by atoms with Gasteiger partial charge in [0.2, 0.25) is 11.7 Å². The minimum atomic E-state index is -0.558. The van der Waals surface area contributed by atoms with Crippen molar-refractivity contribution in [1.82, 2.24) is 4.57 Å². The largest absolute Gasteiger partial charge is 0.494 e. The minimum absolute atomic E-state index is 0.0297. The first kappa shape index (κ1) is 15.0. The summed E-state index contributed by atoms with van der Waals surface area (Å²) in [6.07, 6.45) is 0.605. The molecule has 0 aliphatic rings. The topological polar surface area (TPSA) is 83.1 Å². The van der Waals surface area contributed by atoms with Gasteiger partial charge >= 0.3 is 0 Å². The van der Waals surface area contributed by atoms with Gasteiger partial charge in [-0.3, -0.25) is 14.2 Å². The van der Waals surface area contributed by atoms with Crippen molar-refractivity contribution in [3.63, 3.8) is 0 Å². The van der Waals surface area contributed by atoms with Crippen molar-refractivity contribution in [2.75, 3.05) is 0 Å². The first-order valence-corrected chi connectivity index (χ1v) is 7.35. The number of carbonyl (C=O) groups excluding carboxylic acids is 1. The van der Waals surface area contributed by atoms with Crippen LogP contribution >= 0.6 is 11.3 Å². The number of hydrogen-bond donors (Lipinski definition) is 1. The van der Waals surface area contributed by atoms with Gasteiger partial charge in [0.15, 0.2) is 0 Å². The maximum Gasteiger partial charge on any atom is 0.271 e. The molecular formula is C15H14N2O3S. The molecule has 0 saturated heterocycles. The lowest BCUT2D eigenvalue weighted by atomic mass is 10.0. The van der Waals surface area contributed by atoms with Gasteiger partial charge in [0.25, 0.3) is 5.56 Å². The maximum absolute atomic E-state index is 12.5. The summed E-state index contributed by atoms with van der Waals surface area (Å²) < 4.78 is 1.09. The molecule has 2 heterocycles. The second-order valence-corrected chi connectivity index (χ2v) is 5.52. The van der Waals surface area contributed by atoms with Crippen LogP contribution in [0.25, 0.3) is 0 Å². The lowest BCUT2D eigenvalue weighted by Gasteiger charge is -2.14. The third kappa shape index (κ3) is 2.48. The number of aromatic nitrogens is 1. The fourth-order valence-corrected chi connectivity index (χ4v) is 2.85. The van der Waals surface area contributed by atoms with Crippen LogP contribution in [-0.4, -0.2) is 15.5 Å². The van der Waals surface area contributed by atoms with Crippen LogP contribution in [0.5, 0.6) is 5.88 Å². The summed E-state index contributed by atoms with van der Waals surface area (Å²) in [7, 11) is 0. The Labute approximate surface area is 125 Å². The van der Waals surface area contributed by atoms with E-state index in [0.29, 0.717) is 11.3 Å². The van der Waals surface area contributed by atoms with E-state index in [4.69, 9.17) is 5.26 Å². The van der Waals surface area contributed by atoms with E-state index in [1.165, 1.54) is 18.3 Å². The van der Waals surface area contributed by atoms with Crippen molar-refractivity contribution in [2.24, 2.45) is 0 Å². The highest BCUT2D eigenvalue weighted by Gasteiger charge is 2.24. The van der Waals surface area contributed by atoms with Crippen molar-refractivity contribution in [1.29, 1.82) is 5.26 Å². The standard InChI is InChI=1S/C15H14N2O3S/c1-3-6-17-14(19)10(8-16)9(2)12(15(17)20)13(18)11-5-4-7-21-11/h4-5,7,20H,3,6H2,1-2H3. The molecule has 0 aromatic carbocycles. The van der Waals surface area contributed by atoms with Crippen molar-refractivity contribution >= 4 is 17.1 Å². The van der Waals surface area contributed by atoms with Crippen molar-refractivity contribution in [3.8, 4) is 11.9 Å². The zero-order valence-electron chi connectivity index (χ0n) is 11.7. The molecule has 0 saturated carbocycles. The molecule has 0 aliphatic carbocycles. The molecule has 0 bridgehead atoms. The van der Waals surface area contributed by atoms with E-state index in [0.717, 1.165) is 4.57 Å². The molecule has 2 aromatic heterocycles. The molecule has 0 atom stereocenters. The number of thiophene rings is 1. The van der Waals surface area contributed by atoms with E-state index >= 15 is 0 Å². The number of aromatic hydroxyl groups is 1. The van der Waals surface area contributed by atoms with Crippen LogP contribution in [0.15, 0.2) is 22.3 Å².